The minimum Gasteiger partial charge on any atom is -0.392 e. The Morgan fingerprint density at radius 2 is 2.15 bits per heavy atom. The summed E-state index contributed by atoms with van der Waals surface area (Å²) in [5.41, 5.74) is 2.00. The molecule has 2 unspecified atom stereocenters. The maximum absolute atomic E-state index is 9.20. The molecule has 110 valence electrons. The zero-order chi connectivity index (χ0) is 14.1. The standard InChI is InChI=1S/C16H23ClN2O/c1-18-7-2-3-12-10-19(8-6-16(12)18)14-5-4-13(11-20)15(17)9-14/h4-5,9,12,16,20H,2-3,6-8,10-11H2,1H3. The van der Waals surface area contributed by atoms with E-state index < -0.39 is 0 Å². The third-order valence-electron chi connectivity index (χ3n) is 4.92. The summed E-state index contributed by atoms with van der Waals surface area (Å²) in [5.74, 6) is 0.777. The molecule has 1 aromatic rings. The van der Waals surface area contributed by atoms with Crippen LogP contribution in [0.1, 0.15) is 24.8 Å². The van der Waals surface area contributed by atoms with Crippen LogP contribution in [0.5, 0.6) is 0 Å². The molecular weight excluding hydrogens is 272 g/mol. The van der Waals surface area contributed by atoms with Gasteiger partial charge in [0.2, 0.25) is 0 Å². The Morgan fingerprint density at radius 3 is 2.90 bits per heavy atom. The smallest absolute Gasteiger partial charge is 0.0696 e. The Morgan fingerprint density at radius 1 is 1.30 bits per heavy atom. The molecule has 2 aliphatic heterocycles. The van der Waals surface area contributed by atoms with Crippen molar-refractivity contribution in [1.29, 1.82) is 0 Å². The molecule has 2 atom stereocenters. The maximum atomic E-state index is 9.20. The molecule has 2 aliphatic rings. The highest BCUT2D eigenvalue weighted by Gasteiger charge is 2.34. The minimum atomic E-state index is 0.00854. The highest BCUT2D eigenvalue weighted by atomic mass is 35.5. The van der Waals surface area contributed by atoms with Crippen molar-refractivity contribution in [2.24, 2.45) is 5.92 Å². The monoisotopic (exact) mass is 294 g/mol. The van der Waals surface area contributed by atoms with E-state index in [1.54, 1.807) is 0 Å². The first-order chi connectivity index (χ1) is 9.69. The molecule has 0 radical (unpaired) electrons. The lowest BCUT2D eigenvalue weighted by molar-refractivity contribution is 0.102. The van der Waals surface area contributed by atoms with Crippen LogP contribution in [-0.4, -0.2) is 42.7 Å². The van der Waals surface area contributed by atoms with E-state index >= 15 is 0 Å². The van der Waals surface area contributed by atoms with Gasteiger partial charge < -0.3 is 14.9 Å². The average Bonchev–Trinajstić information content (AvgIpc) is 2.47. The molecule has 2 heterocycles. The zero-order valence-electron chi connectivity index (χ0n) is 12.1. The second-order valence-electron chi connectivity index (χ2n) is 6.12. The molecule has 1 aromatic carbocycles. The average molecular weight is 295 g/mol. The first kappa shape index (κ1) is 14.2. The Bertz CT molecular complexity index is 480. The van der Waals surface area contributed by atoms with Gasteiger partial charge in [0, 0.05) is 29.8 Å². The van der Waals surface area contributed by atoms with Crippen molar-refractivity contribution < 1.29 is 5.11 Å². The summed E-state index contributed by atoms with van der Waals surface area (Å²) in [6.45, 7) is 3.48. The van der Waals surface area contributed by atoms with E-state index in [4.69, 9.17) is 11.6 Å². The van der Waals surface area contributed by atoms with Crippen molar-refractivity contribution in [1.82, 2.24) is 4.90 Å². The number of benzene rings is 1. The molecule has 3 nitrogen and oxygen atoms in total. The second kappa shape index (κ2) is 5.92. The van der Waals surface area contributed by atoms with Gasteiger partial charge in [0.25, 0.3) is 0 Å². The highest BCUT2D eigenvalue weighted by molar-refractivity contribution is 6.31. The first-order valence-electron chi connectivity index (χ1n) is 7.53. The van der Waals surface area contributed by atoms with E-state index in [1.807, 2.05) is 12.1 Å². The van der Waals surface area contributed by atoms with Crippen LogP contribution in [0.4, 0.5) is 5.69 Å². The molecule has 2 saturated heterocycles. The van der Waals surface area contributed by atoms with Crippen molar-refractivity contribution in [2.75, 3.05) is 31.6 Å². The molecule has 1 N–H and O–H groups in total. The van der Waals surface area contributed by atoms with Crippen molar-refractivity contribution in [3.8, 4) is 0 Å². The van der Waals surface area contributed by atoms with E-state index in [-0.39, 0.29) is 6.61 Å². The Balaban J connectivity index is 1.74. The van der Waals surface area contributed by atoms with Crippen LogP contribution in [0.25, 0.3) is 0 Å². The summed E-state index contributed by atoms with van der Waals surface area (Å²) >= 11 is 6.21. The number of halogens is 1. The zero-order valence-corrected chi connectivity index (χ0v) is 12.8. The van der Waals surface area contributed by atoms with Gasteiger partial charge in [0.05, 0.1) is 6.61 Å². The van der Waals surface area contributed by atoms with Gasteiger partial charge >= 0.3 is 0 Å². The minimum absolute atomic E-state index is 0.00854. The Kier molecular flexibility index (Phi) is 4.20. The number of likely N-dealkylation sites (tertiary alicyclic amines) is 1. The third kappa shape index (κ3) is 2.67. The molecule has 2 fully saturated rings. The molecule has 0 aliphatic carbocycles. The fourth-order valence-electron chi connectivity index (χ4n) is 3.75. The van der Waals surface area contributed by atoms with Crippen molar-refractivity contribution in [3.63, 3.8) is 0 Å². The van der Waals surface area contributed by atoms with Gasteiger partial charge in [-0.3, -0.25) is 0 Å². The van der Waals surface area contributed by atoms with Gasteiger partial charge in [-0.15, -0.1) is 0 Å². The normalized spacial score (nSPS) is 27.4. The Hall–Kier alpha value is -0.770. The van der Waals surface area contributed by atoms with E-state index in [9.17, 15) is 5.11 Å². The lowest BCUT2D eigenvalue weighted by Crippen LogP contribution is -2.52. The maximum Gasteiger partial charge on any atom is 0.0696 e. The lowest BCUT2D eigenvalue weighted by atomic mass is 9.84. The second-order valence-corrected chi connectivity index (χ2v) is 6.53. The van der Waals surface area contributed by atoms with E-state index in [2.05, 4.69) is 22.9 Å². The number of hydrogen-bond acceptors (Lipinski definition) is 3. The van der Waals surface area contributed by atoms with Crippen LogP contribution in [0, 0.1) is 5.92 Å². The number of rotatable bonds is 2. The molecule has 0 aromatic heterocycles. The molecule has 0 bridgehead atoms. The topological polar surface area (TPSA) is 26.7 Å². The number of aliphatic hydroxyl groups excluding tert-OH is 1. The number of aliphatic hydroxyl groups is 1. The van der Waals surface area contributed by atoms with Crippen LogP contribution in [0.2, 0.25) is 5.02 Å². The summed E-state index contributed by atoms with van der Waals surface area (Å²) in [4.78, 5) is 4.99. The van der Waals surface area contributed by atoms with Crippen LogP contribution < -0.4 is 4.90 Å². The first-order valence-corrected chi connectivity index (χ1v) is 7.91. The lowest BCUT2D eigenvalue weighted by Gasteiger charge is -2.46. The molecule has 20 heavy (non-hydrogen) atoms. The largest absolute Gasteiger partial charge is 0.392 e. The van der Waals surface area contributed by atoms with E-state index in [0.717, 1.165) is 30.6 Å². The van der Waals surface area contributed by atoms with Gasteiger partial charge in [-0.05, 0) is 56.5 Å². The molecule has 0 saturated carbocycles. The summed E-state index contributed by atoms with van der Waals surface area (Å²) < 4.78 is 0. The number of piperidine rings is 2. The SMILES string of the molecule is CN1CCCC2CN(c3ccc(CO)c(Cl)c3)CCC21. The quantitative estimate of drug-likeness (QED) is 0.908. The van der Waals surface area contributed by atoms with Crippen LogP contribution in [0.15, 0.2) is 18.2 Å². The predicted molar refractivity (Wildman–Crippen MR) is 83.3 cm³/mol. The highest BCUT2D eigenvalue weighted by Crippen LogP contribution is 2.33. The molecule has 4 heteroatoms. The van der Waals surface area contributed by atoms with Crippen molar-refractivity contribution in [3.05, 3.63) is 28.8 Å². The molecule has 0 amide bonds. The Labute approximate surface area is 126 Å². The molecule has 3 rings (SSSR count). The molecular formula is C16H23ClN2O. The van der Waals surface area contributed by atoms with Crippen LogP contribution in [0.3, 0.4) is 0 Å². The third-order valence-corrected chi connectivity index (χ3v) is 5.27. The predicted octanol–water partition coefficient (Wildman–Crippen LogP) is 2.75. The van der Waals surface area contributed by atoms with Crippen LogP contribution >= 0.6 is 11.6 Å². The number of hydrogen-bond donors (Lipinski definition) is 1. The number of fused-ring (bicyclic) bond motifs is 1. The molecule has 0 spiro atoms. The van der Waals surface area contributed by atoms with Gasteiger partial charge in [-0.2, -0.15) is 0 Å². The van der Waals surface area contributed by atoms with Crippen molar-refractivity contribution in [2.45, 2.75) is 31.9 Å². The van der Waals surface area contributed by atoms with Gasteiger partial charge in [0.15, 0.2) is 0 Å². The summed E-state index contributed by atoms with van der Waals surface area (Å²) in [5, 5.41) is 9.87. The number of nitrogens with zero attached hydrogens (tertiary/aromatic N) is 2. The van der Waals surface area contributed by atoms with E-state index in [1.165, 1.54) is 31.5 Å². The van der Waals surface area contributed by atoms with Crippen LogP contribution in [-0.2, 0) is 6.61 Å². The van der Waals surface area contributed by atoms with Crippen molar-refractivity contribution >= 4 is 17.3 Å². The van der Waals surface area contributed by atoms with Gasteiger partial charge in [0.1, 0.15) is 0 Å². The fourth-order valence-corrected chi connectivity index (χ4v) is 3.98. The fraction of sp³-hybridized carbons (Fsp3) is 0.625. The van der Waals surface area contributed by atoms with E-state index in [0.29, 0.717) is 5.02 Å². The summed E-state index contributed by atoms with van der Waals surface area (Å²) in [6, 6.07) is 6.79. The summed E-state index contributed by atoms with van der Waals surface area (Å²) in [7, 11) is 2.26. The van der Waals surface area contributed by atoms with Gasteiger partial charge in [-0.1, -0.05) is 17.7 Å². The summed E-state index contributed by atoms with van der Waals surface area (Å²) in [6.07, 6.45) is 3.89. The number of anilines is 1. The van der Waals surface area contributed by atoms with Gasteiger partial charge in [-0.25, -0.2) is 0 Å².